The van der Waals surface area contributed by atoms with Crippen LogP contribution in [0.5, 0.6) is 0 Å². The molecule has 1 aromatic heterocycles. The van der Waals surface area contributed by atoms with Gasteiger partial charge in [0, 0.05) is 57.7 Å². The minimum atomic E-state index is -0.624. The molecule has 5 heteroatoms. The van der Waals surface area contributed by atoms with Crippen LogP contribution in [-0.2, 0) is 0 Å². The third kappa shape index (κ3) is 4.24. The van der Waals surface area contributed by atoms with E-state index in [2.05, 4.69) is 14.8 Å². The lowest BCUT2D eigenvalue weighted by molar-refractivity contribution is 0.0113. The zero-order valence-corrected chi connectivity index (χ0v) is 12.5. The van der Waals surface area contributed by atoms with Crippen molar-refractivity contribution in [2.24, 2.45) is 5.73 Å². The fraction of sp³-hybridized carbons (Fsp3) is 0.667. The third-order valence-corrected chi connectivity index (χ3v) is 3.77. The number of hydrogen-bond donors (Lipinski definition) is 2. The Morgan fingerprint density at radius 2 is 1.85 bits per heavy atom. The highest BCUT2D eigenvalue weighted by molar-refractivity contribution is 5.16. The summed E-state index contributed by atoms with van der Waals surface area (Å²) < 4.78 is 0. The summed E-state index contributed by atoms with van der Waals surface area (Å²) in [5.41, 5.74) is 6.57. The Kier molecular flexibility index (Phi) is 5.10. The molecule has 2 rings (SSSR count). The molecule has 1 unspecified atom stereocenters. The Morgan fingerprint density at radius 3 is 2.35 bits per heavy atom. The number of pyridine rings is 1. The second-order valence-electron chi connectivity index (χ2n) is 6.16. The smallest absolute Gasteiger partial charge is 0.0718 e. The Hall–Kier alpha value is -1.01. The van der Waals surface area contributed by atoms with E-state index < -0.39 is 5.60 Å². The summed E-state index contributed by atoms with van der Waals surface area (Å²) in [7, 11) is 0. The van der Waals surface area contributed by atoms with Crippen LogP contribution in [0.25, 0.3) is 0 Å². The van der Waals surface area contributed by atoms with Gasteiger partial charge in [-0.15, -0.1) is 0 Å². The quantitative estimate of drug-likeness (QED) is 0.819. The normalized spacial score (nSPS) is 20.0. The molecule has 20 heavy (non-hydrogen) atoms. The van der Waals surface area contributed by atoms with E-state index in [1.54, 1.807) is 0 Å². The molecule has 1 aromatic rings. The maximum atomic E-state index is 9.89. The number of nitrogens with zero attached hydrogens (tertiary/aromatic N) is 3. The molecule has 5 nitrogen and oxygen atoms in total. The molecule has 112 valence electrons. The van der Waals surface area contributed by atoms with Gasteiger partial charge in [0.15, 0.2) is 0 Å². The number of aliphatic hydroxyl groups is 1. The summed E-state index contributed by atoms with van der Waals surface area (Å²) in [5.74, 6) is 0. The van der Waals surface area contributed by atoms with E-state index in [0.717, 1.165) is 32.7 Å². The predicted octanol–water partition coefficient (Wildman–Crippen LogP) is 0.470. The third-order valence-electron chi connectivity index (χ3n) is 3.77. The van der Waals surface area contributed by atoms with Crippen LogP contribution in [0.3, 0.4) is 0 Å². The molecule has 1 aliphatic rings. The lowest BCUT2D eigenvalue weighted by Gasteiger charge is -2.40. The van der Waals surface area contributed by atoms with Crippen molar-refractivity contribution in [1.82, 2.24) is 14.8 Å². The molecule has 0 amide bonds. The van der Waals surface area contributed by atoms with Gasteiger partial charge in [-0.25, -0.2) is 0 Å². The number of piperazine rings is 1. The second-order valence-corrected chi connectivity index (χ2v) is 6.16. The maximum absolute atomic E-state index is 9.89. The molecule has 0 aromatic carbocycles. The topological polar surface area (TPSA) is 65.6 Å². The summed E-state index contributed by atoms with van der Waals surface area (Å²) in [6.07, 6.45) is 3.64. The van der Waals surface area contributed by atoms with Crippen molar-refractivity contribution in [3.63, 3.8) is 0 Å². The van der Waals surface area contributed by atoms with E-state index in [1.165, 1.54) is 5.56 Å². The van der Waals surface area contributed by atoms with Gasteiger partial charge in [0.05, 0.1) is 5.60 Å². The Bertz CT molecular complexity index is 396. The Morgan fingerprint density at radius 1 is 1.25 bits per heavy atom. The zero-order valence-electron chi connectivity index (χ0n) is 12.5. The van der Waals surface area contributed by atoms with Crippen LogP contribution in [-0.4, -0.2) is 64.8 Å². The standard InChI is InChI=1S/C15H26N4O/c1-15(2,20)12-18-7-9-19(10-8-18)14(11-16)13-3-5-17-6-4-13/h3-6,14,20H,7-12,16H2,1-2H3. The largest absolute Gasteiger partial charge is 0.389 e. The van der Waals surface area contributed by atoms with Crippen LogP contribution >= 0.6 is 0 Å². The van der Waals surface area contributed by atoms with Gasteiger partial charge < -0.3 is 10.8 Å². The molecule has 1 fully saturated rings. The van der Waals surface area contributed by atoms with Crippen LogP contribution in [0.4, 0.5) is 0 Å². The molecule has 0 bridgehead atoms. The van der Waals surface area contributed by atoms with Crippen LogP contribution in [0.1, 0.15) is 25.5 Å². The minimum absolute atomic E-state index is 0.266. The van der Waals surface area contributed by atoms with Crippen LogP contribution in [0.2, 0.25) is 0 Å². The highest BCUT2D eigenvalue weighted by Crippen LogP contribution is 2.21. The molecule has 1 aliphatic heterocycles. The second kappa shape index (κ2) is 6.63. The lowest BCUT2D eigenvalue weighted by atomic mass is 10.1. The van der Waals surface area contributed by atoms with Gasteiger partial charge in [-0.2, -0.15) is 0 Å². The molecule has 0 spiro atoms. The van der Waals surface area contributed by atoms with E-state index in [9.17, 15) is 5.11 Å². The van der Waals surface area contributed by atoms with Gasteiger partial charge in [-0.3, -0.25) is 14.8 Å². The van der Waals surface area contributed by atoms with Gasteiger partial charge in [-0.05, 0) is 31.5 Å². The fourth-order valence-electron chi connectivity index (χ4n) is 2.86. The van der Waals surface area contributed by atoms with Gasteiger partial charge in [-0.1, -0.05) is 0 Å². The van der Waals surface area contributed by atoms with Crippen molar-refractivity contribution < 1.29 is 5.11 Å². The molecule has 0 saturated carbocycles. The number of nitrogens with two attached hydrogens (primary N) is 1. The molecule has 2 heterocycles. The molecule has 1 atom stereocenters. The SMILES string of the molecule is CC(C)(O)CN1CCN(C(CN)c2ccncc2)CC1. The van der Waals surface area contributed by atoms with Crippen LogP contribution in [0, 0.1) is 0 Å². The van der Waals surface area contributed by atoms with E-state index >= 15 is 0 Å². The molecule has 0 radical (unpaired) electrons. The number of β-amino-alcohol motifs (C(OH)–C–C–N with tert-alkyl or cyclic N) is 1. The Balaban J connectivity index is 1.92. The van der Waals surface area contributed by atoms with Crippen molar-refractivity contribution in [2.45, 2.75) is 25.5 Å². The first-order valence-corrected chi connectivity index (χ1v) is 7.28. The molecular formula is C15H26N4O. The Labute approximate surface area is 121 Å². The first kappa shape index (κ1) is 15.4. The minimum Gasteiger partial charge on any atom is -0.389 e. The first-order valence-electron chi connectivity index (χ1n) is 7.28. The van der Waals surface area contributed by atoms with Crippen molar-refractivity contribution in [3.8, 4) is 0 Å². The number of hydrogen-bond acceptors (Lipinski definition) is 5. The zero-order chi connectivity index (χ0) is 14.6. The summed E-state index contributed by atoms with van der Waals surface area (Å²) in [6, 6.07) is 4.35. The van der Waals surface area contributed by atoms with Gasteiger partial charge in [0.2, 0.25) is 0 Å². The first-order chi connectivity index (χ1) is 9.49. The van der Waals surface area contributed by atoms with Crippen molar-refractivity contribution in [1.29, 1.82) is 0 Å². The van der Waals surface area contributed by atoms with Crippen LogP contribution in [0.15, 0.2) is 24.5 Å². The summed E-state index contributed by atoms with van der Waals surface area (Å²) in [4.78, 5) is 8.81. The van der Waals surface area contributed by atoms with Gasteiger partial charge >= 0.3 is 0 Å². The van der Waals surface area contributed by atoms with Crippen LogP contribution < -0.4 is 5.73 Å². The summed E-state index contributed by atoms with van der Waals surface area (Å²) in [5, 5.41) is 9.89. The summed E-state index contributed by atoms with van der Waals surface area (Å²) >= 11 is 0. The number of rotatable bonds is 5. The van der Waals surface area contributed by atoms with Crippen molar-refractivity contribution >= 4 is 0 Å². The molecule has 3 N–H and O–H groups in total. The molecule has 0 aliphatic carbocycles. The molecular weight excluding hydrogens is 252 g/mol. The monoisotopic (exact) mass is 278 g/mol. The highest BCUT2D eigenvalue weighted by atomic mass is 16.3. The average molecular weight is 278 g/mol. The maximum Gasteiger partial charge on any atom is 0.0718 e. The van der Waals surface area contributed by atoms with Crippen molar-refractivity contribution in [3.05, 3.63) is 30.1 Å². The summed E-state index contributed by atoms with van der Waals surface area (Å²) in [6.45, 7) is 8.99. The van der Waals surface area contributed by atoms with E-state index in [-0.39, 0.29) is 6.04 Å². The lowest BCUT2D eigenvalue weighted by Crippen LogP contribution is -2.52. The van der Waals surface area contributed by atoms with Gasteiger partial charge in [0.1, 0.15) is 0 Å². The fourth-order valence-corrected chi connectivity index (χ4v) is 2.86. The highest BCUT2D eigenvalue weighted by Gasteiger charge is 2.26. The van der Waals surface area contributed by atoms with E-state index in [0.29, 0.717) is 6.54 Å². The average Bonchev–Trinajstić information content (AvgIpc) is 2.41. The predicted molar refractivity (Wildman–Crippen MR) is 80.3 cm³/mol. The van der Waals surface area contributed by atoms with Gasteiger partial charge in [0.25, 0.3) is 0 Å². The number of aromatic nitrogens is 1. The van der Waals surface area contributed by atoms with E-state index in [1.807, 2.05) is 38.4 Å². The van der Waals surface area contributed by atoms with E-state index in [4.69, 9.17) is 5.73 Å². The molecule has 1 saturated heterocycles. The van der Waals surface area contributed by atoms with Crippen molar-refractivity contribution in [2.75, 3.05) is 39.3 Å².